The number of amides is 4. The first kappa shape index (κ1) is 19.1. The molecule has 0 saturated carbocycles. The molecule has 8 nitrogen and oxygen atoms in total. The van der Waals surface area contributed by atoms with E-state index in [1.807, 2.05) is 6.07 Å². The summed E-state index contributed by atoms with van der Waals surface area (Å²) in [6, 6.07) is 4.55. The third-order valence-corrected chi connectivity index (χ3v) is 6.67. The fourth-order valence-corrected chi connectivity index (χ4v) is 4.88. The number of thioether (sulfide) groups is 1. The normalized spacial score (nSPS) is 27.3. The van der Waals surface area contributed by atoms with Crippen molar-refractivity contribution in [3.63, 3.8) is 0 Å². The molecule has 2 fully saturated rings. The molecular weight excluding hydrogens is 380 g/mol. The summed E-state index contributed by atoms with van der Waals surface area (Å²) in [5.41, 5.74) is 1.42. The second-order valence-corrected chi connectivity index (χ2v) is 8.28. The summed E-state index contributed by atoms with van der Waals surface area (Å²) in [7, 11) is 0. The second-order valence-electron chi connectivity index (χ2n) is 7.21. The molecule has 3 heterocycles. The molecule has 0 radical (unpaired) electrons. The Morgan fingerprint density at radius 3 is 2.75 bits per heavy atom. The molecule has 0 spiro atoms. The number of fused-ring (bicyclic) bond motifs is 1. The average Bonchev–Trinajstić information content (AvgIpc) is 3.24. The van der Waals surface area contributed by atoms with Crippen molar-refractivity contribution in [1.82, 2.24) is 20.9 Å². The van der Waals surface area contributed by atoms with Crippen LogP contribution in [0.4, 0.5) is 0 Å². The van der Waals surface area contributed by atoms with E-state index in [1.54, 1.807) is 23.9 Å². The van der Waals surface area contributed by atoms with Crippen molar-refractivity contribution in [1.29, 1.82) is 0 Å². The van der Waals surface area contributed by atoms with Crippen molar-refractivity contribution in [3.8, 4) is 0 Å². The van der Waals surface area contributed by atoms with Gasteiger partial charge in [0, 0.05) is 37.3 Å². The van der Waals surface area contributed by atoms with Gasteiger partial charge in [-0.3, -0.25) is 29.4 Å². The summed E-state index contributed by atoms with van der Waals surface area (Å²) in [5, 5.41) is 9.50. The lowest BCUT2D eigenvalue weighted by molar-refractivity contribution is -0.136. The van der Waals surface area contributed by atoms with Gasteiger partial charge in [0.1, 0.15) is 6.04 Å². The van der Waals surface area contributed by atoms with E-state index in [0.717, 1.165) is 23.6 Å². The number of imide groups is 2. The molecule has 1 unspecified atom stereocenters. The van der Waals surface area contributed by atoms with E-state index >= 15 is 0 Å². The van der Waals surface area contributed by atoms with Crippen molar-refractivity contribution in [2.75, 3.05) is 19.3 Å². The zero-order chi connectivity index (χ0) is 19.8. The number of piperidine rings is 1. The Bertz CT molecular complexity index is 858. The SMILES string of the molecule is CS[C@@H]1CNC[C@H]1NCc1cccc2c1C(=O)N(C1CCC(=O)NC1=O)C2=O. The lowest BCUT2D eigenvalue weighted by Gasteiger charge is -2.27. The first-order chi connectivity index (χ1) is 13.5. The molecule has 2 saturated heterocycles. The number of benzene rings is 1. The minimum Gasteiger partial charge on any atom is -0.314 e. The van der Waals surface area contributed by atoms with Crippen molar-refractivity contribution in [2.24, 2.45) is 0 Å². The molecule has 4 rings (SSSR count). The third kappa shape index (κ3) is 3.23. The van der Waals surface area contributed by atoms with Gasteiger partial charge >= 0.3 is 0 Å². The summed E-state index contributed by atoms with van der Waals surface area (Å²) < 4.78 is 0. The van der Waals surface area contributed by atoms with Crippen molar-refractivity contribution in [3.05, 3.63) is 34.9 Å². The van der Waals surface area contributed by atoms with E-state index in [-0.39, 0.29) is 24.8 Å². The van der Waals surface area contributed by atoms with Gasteiger partial charge in [0.15, 0.2) is 0 Å². The molecule has 148 valence electrons. The van der Waals surface area contributed by atoms with E-state index in [9.17, 15) is 19.2 Å². The molecule has 3 aliphatic rings. The minimum absolute atomic E-state index is 0.114. The van der Waals surface area contributed by atoms with Crippen molar-refractivity contribution >= 4 is 35.4 Å². The van der Waals surface area contributed by atoms with Gasteiger partial charge in [-0.1, -0.05) is 12.1 Å². The summed E-state index contributed by atoms with van der Waals surface area (Å²) in [6.45, 7) is 2.26. The van der Waals surface area contributed by atoms with E-state index in [1.165, 1.54) is 0 Å². The number of rotatable bonds is 5. The quantitative estimate of drug-likeness (QED) is 0.590. The maximum absolute atomic E-state index is 13.1. The van der Waals surface area contributed by atoms with Gasteiger partial charge in [-0.25, -0.2) is 0 Å². The van der Waals surface area contributed by atoms with Gasteiger partial charge in [0.2, 0.25) is 11.8 Å². The number of hydrogen-bond donors (Lipinski definition) is 3. The lowest BCUT2D eigenvalue weighted by atomic mass is 10.0. The molecule has 0 aliphatic carbocycles. The van der Waals surface area contributed by atoms with Crippen LogP contribution in [0.3, 0.4) is 0 Å². The summed E-state index contributed by atoms with van der Waals surface area (Å²) in [5.74, 6) is -1.90. The Morgan fingerprint density at radius 1 is 1.18 bits per heavy atom. The first-order valence-corrected chi connectivity index (χ1v) is 10.6. The van der Waals surface area contributed by atoms with Crippen LogP contribution in [0.15, 0.2) is 18.2 Å². The summed E-state index contributed by atoms with van der Waals surface area (Å²) >= 11 is 1.80. The Labute approximate surface area is 166 Å². The molecule has 0 aromatic heterocycles. The molecule has 9 heteroatoms. The molecule has 1 aromatic rings. The third-order valence-electron chi connectivity index (χ3n) is 5.57. The van der Waals surface area contributed by atoms with Crippen LogP contribution >= 0.6 is 11.8 Å². The van der Waals surface area contributed by atoms with Gasteiger partial charge in [-0.05, 0) is 24.3 Å². The maximum Gasteiger partial charge on any atom is 0.262 e. The molecule has 1 aromatic carbocycles. The number of nitrogens with zero attached hydrogens (tertiary/aromatic N) is 1. The fourth-order valence-electron chi connectivity index (χ4n) is 4.08. The van der Waals surface area contributed by atoms with Gasteiger partial charge in [0.25, 0.3) is 11.8 Å². The van der Waals surface area contributed by atoms with Gasteiger partial charge < -0.3 is 10.6 Å². The highest BCUT2D eigenvalue weighted by Crippen LogP contribution is 2.30. The smallest absolute Gasteiger partial charge is 0.262 e. The zero-order valence-electron chi connectivity index (χ0n) is 15.5. The van der Waals surface area contributed by atoms with Crippen LogP contribution in [0.2, 0.25) is 0 Å². The molecular formula is C19H22N4O4S. The predicted molar refractivity (Wildman–Crippen MR) is 104 cm³/mol. The average molecular weight is 402 g/mol. The molecule has 4 amide bonds. The highest BCUT2D eigenvalue weighted by Gasteiger charge is 2.45. The highest BCUT2D eigenvalue weighted by atomic mass is 32.2. The Hall–Kier alpha value is -2.23. The molecule has 3 atom stereocenters. The second kappa shape index (κ2) is 7.65. The van der Waals surface area contributed by atoms with Gasteiger partial charge in [-0.2, -0.15) is 11.8 Å². The van der Waals surface area contributed by atoms with Crippen LogP contribution in [0.5, 0.6) is 0 Å². The zero-order valence-corrected chi connectivity index (χ0v) is 16.3. The van der Waals surface area contributed by atoms with Crippen LogP contribution in [0.1, 0.15) is 39.1 Å². The lowest BCUT2D eigenvalue weighted by Crippen LogP contribution is -2.54. The van der Waals surface area contributed by atoms with E-state index in [4.69, 9.17) is 0 Å². The van der Waals surface area contributed by atoms with Crippen LogP contribution in [0.25, 0.3) is 0 Å². The predicted octanol–water partition coefficient (Wildman–Crippen LogP) is -0.119. The molecule has 3 N–H and O–H groups in total. The van der Waals surface area contributed by atoms with Crippen LogP contribution in [-0.4, -0.2) is 65.2 Å². The van der Waals surface area contributed by atoms with Crippen molar-refractivity contribution in [2.45, 2.75) is 36.7 Å². The number of nitrogens with one attached hydrogen (secondary N) is 3. The maximum atomic E-state index is 13.1. The minimum atomic E-state index is -0.939. The Balaban J connectivity index is 1.56. The molecule has 0 bridgehead atoms. The van der Waals surface area contributed by atoms with Crippen LogP contribution in [-0.2, 0) is 16.1 Å². The number of carbonyl (C=O) groups is 4. The summed E-state index contributed by atoms with van der Waals surface area (Å²) in [6.07, 6.45) is 2.35. The van der Waals surface area contributed by atoms with E-state index in [2.05, 4.69) is 22.2 Å². The topological polar surface area (TPSA) is 108 Å². The van der Waals surface area contributed by atoms with E-state index < -0.39 is 23.8 Å². The standard InChI is InChI=1S/C19H22N4O4S/c1-28-14-9-20-8-12(14)21-7-10-3-2-4-11-16(10)19(27)23(18(11)26)13-5-6-15(24)22-17(13)25/h2-4,12-14,20-21H,5-9H2,1H3,(H,22,24,25)/t12-,13?,14-/m1/s1. The van der Waals surface area contributed by atoms with Crippen molar-refractivity contribution < 1.29 is 19.2 Å². The van der Waals surface area contributed by atoms with Gasteiger partial charge in [0.05, 0.1) is 11.1 Å². The number of hydrogen-bond acceptors (Lipinski definition) is 7. The van der Waals surface area contributed by atoms with Gasteiger partial charge in [-0.15, -0.1) is 0 Å². The summed E-state index contributed by atoms with van der Waals surface area (Å²) in [4.78, 5) is 50.5. The monoisotopic (exact) mass is 402 g/mol. The Kier molecular flexibility index (Phi) is 5.22. The highest BCUT2D eigenvalue weighted by molar-refractivity contribution is 7.99. The van der Waals surface area contributed by atoms with E-state index in [0.29, 0.717) is 22.9 Å². The first-order valence-electron chi connectivity index (χ1n) is 9.31. The fraction of sp³-hybridized carbons (Fsp3) is 0.474. The largest absolute Gasteiger partial charge is 0.314 e. The Morgan fingerprint density at radius 2 is 2.00 bits per heavy atom. The molecule has 28 heavy (non-hydrogen) atoms. The van der Waals surface area contributed by atoms with Crippen LogP contribution in [0, 0.1) is 0 Å². The number of carbonyl (C=O) groups excluding carboxylic acids is 4. The van der Waals surface area contributed by atoms with Crippen LogP contribution < -0.4 is 16.0 Å². The molecule has 3 aliphatic heterocycles.